The molecule has 23 heavy (non-hydrogen) atoms. The standard InChI is InChI=1S/C16H22N2O4S/c1-18-14-10-13(8-9-15(14)22-11-16(18)19)23(20,21)17-12-6-4-2-3-5-7-12/h8-10,12,17H,2-7,11H2,1H3. The van der Waals surface area contributed by atoms with Gasteiger partial charge >= 0.3 is 0 Å². The summed E-state index contributed by atoms with van der Waals surface area (Å²) in [5.74, 6) is 0.337. The summed E-state index contributed by atoms with van der Waals surface area (Å²) in [6.07, 6.45) is 6.21. The van der Waals surface area contributed by atoms with Crippen molar-refractivity contribution in [2.75, 3.05) is 18.6 Å². The largest absolute Gasteiger partial charge is 0.482 e. The van der Waals surface area contributed by atoms with Gasteiger partial charge in [-0.1, -0.05) is 25.7 Å². The van der Waals surface area contributed by atoms with E-state index in [9.17, 15) is 13.2 Å². The van der Waals surface area contributed by atoms with Crippen LogP contribution >= 0.6 is 0 Å². The van der Waals surface area contributed by atoms with E-state index in [1.165, 1.54) is 29.9 Å². The van der Waals surface area contributed by atoms with Crippen molar-refractivity contribution in [2.45, 2.75) is 49.5 Å². The fourth-order valence-corrected chi connectivity index (χ4v) is 4.43. The number of nitrogens with one attached hydrogen (secondary N) is 1. The van der Waals surface area contributed by atoms with Gasteiger partial charge in [-0.15, -0.1) is 0 Å². The Kier molecular flexibility index (Phi) is 4.59. The lowest BCUT2D eigenvalue weighted by atomic mass is 10.1. The van der Waals surface area contributed by atoms with E-state index in [2.05, 4.69) is 4.72 Å². The lowest BCUT2D eigenvalue weighted by Crippen LogP contribution is -2.36. The van der Waals surface area contributed by atoms with E-state index in [0.29, 0.717) is 11.4 Å². The van der Waals surface area contributed by atoms with Gasteiger partial charge < -0.3 is 9.64 Å². The van der Waals surface area contributed by atoms with E-state index in [-0.39, 0.29) is 23.5 Å². The van der Waals surface area contributed by atoms with Crippen LogP contribution in [0.4, 0.5) is 5.69 Å². The van der Waals surface area contributed by atoms with Gasteiger partial charge in [0, 0.05) is 13.1 Å². The quantitative estimate of drug-likeness (QED) is 0.856. The van der Waals surface area contributed by atoms with E-state index < -0.39 is 10.0 Å². The van der Waals surface area contributed by atoms with Crippen LogP contribution in [-0.4, -0.2) is 34.0 Å². The molecule has 0 radical (unpaired) electrons. The third-order valence-corrected chi connectivity index (χ3v) is 6.02. The number of amides is 1. The topological polar surface area (TPSA) is 75.7 Å². The zero-order chi connectivity index (χ0) is 16.4. The lowest BCUT2D eigenvalue weighted by Gasteiger charge is -2.26. The molecule has 1 aliphatic heterocycles. The van der Waals surface area contributed by atoms with Crippen molar-refractivity contribution in [3.8, 4) is 5.75 Å². The molecule has 0 spiro atoms. The SMILES string of the molecule is CN1C(=O)COc2ccc(S(=O)(=O)NC3CCCCCC3)cc21. The summed E-state index contributed by atoms with van der Waals surface area (Å²) in [5, 5.41) is 0. The Morgan fingerprint density at radius 1 is 1.17 bits per heavy atom. The average Bonchev–Trinajstić information content (AvgIpc) is 2.79. The van der Waals surface area contributed by atoms with E-state index in [1.807, 2.05) is 0 Å². The molecule has 1 heterocycles. The first-order valence-electron chi connectivity index (χ1n) is 8.03. The van der Waals surface area contributed by atoms with E-state index in [4.69, 9.17) is 4.74 Å². The summed E-state index contributed by atoms with van der Waals surface area (Å²) < 4.78 is 33.4. The molecule has 7 heteroatoms. The molecule has 126 valence electrons. The molecule has 0 unspecified atom stereocenters. The molecular formula is C16H22N2O4S. The van der Waals surface area contributed by atoms with Crippen LogP contribution in [0.15, 0.2) is 23.1 Å². The van der Waals surface area contributed by atoms with Crippen LogP contribution in [0.5, 0.6) is 5.75 Å². The zero-order valence-electron chi connectivity index (χ0n) is 13.2. The molecule has 0 atom stereocenters. The summed E-state index contributed by atoms with van der Waals surface area (Å²) in [4.78, 5) is 13.3. The lowest BCUT2D eigenvalue weighted by molar-refractivity contribution is -0.120. The second-order valence-electron chi connectivity index (χ2n) is 6.18. The van der Waals surface area contributed by atoms with Gasteiger partial charge in [-0.2, -0.15) is 0 Å². The minimum absolute atomic E-state index is 0.00542. The second-order valence-corrected chi connectivity index (χ2v) is 7.89. The number of carbonyl (C=O) groups excluding carboxylic acids is 1. The molecule has 3 rings (SSSR count). The Morgan fingerprint density at radius 2 is 1.87 bits per heavy atom. The molecule has 2 aliphatic rings. The Labute approximate surface area is 136 Å². The van der Waals surface area contributed by atoms with Crippen LogP contribution in [0.25, 0.3) is 0 Å². The monoisotopic (exact) mass is 338 g/mol. The first-order valence-corrected chi connectivity index (χ1v) is 9.51. The summed E-state index contributed by atoms with van der Waals surface area (Å²) in [6.45, 7) is -0.0179. The number of carbonyl (C=O) groups is 1. The number of hydrogen-bond acceptors (Lipinski definition) is 4. The maximum absolute atomic E-state index is 12.6. The number of fused-ring (bicyclic) bond motifs is 1. The normalized spacial score (nSPS) is 19.9. The predicted molar refractivity (Wildman–Crippen MR) is 87.2 cm³/mol. The van der Waals surface area contributed by atoms with Gasteiger partial charge in [0.05, 0.1) is 10.6 Å². The van der Waals surface area contributed by atoms with Crippen molar-refractivity contribution in [1.82, 2.24) is 4.72 Å². The van der Waals surface area contributed by atoms with Gasteiger partial charge in [-0.05, 0) is 31.0 Å². The first-order chi connectivity index (χ1) is 11.0. The van der Waals surface area contributed by atoms with Crippen molar-refractivity contribution in [2.24, 2.45) is 0 Å². The highest BCUT2D eigenvalue weighted by Gasteiger charge is 2.26. The summed E-state index contributed by atoms with van der Waals surface area (Å²) >= 11 is 0. The molecule has 1 aliphatic carbocycles. The Morgan fingerprint density at radius 3 is 2.57 bits per heavy atom. The Bertz CT molecular complexity index is 694. The van der Waals surface area contributed by atoms with Crippen molar-refractivity contribution in [3.63, 3.8) is 0 Å². The molecule has 6 nitrogen and oxygen atoms in total. The molecule has 1 N–H and O–H groups in total. The second kappa shape index (κ2) is 6.49. The van der Waals surface area contributed by atoms with Crippen molar-refractivity contribution in [1.29, 1.82) is 0 Å². The predicted octanol–water partition coefficient (Wildman–Crippen LogP) is 2.04. The molecule has 0 aromatic heterocycles. The van der Waals surface area contributed by atoms with Gasteiger partial charge in [0.2, 0.25) is 10.0 Å². The van der Waals surface area contributed by atoms with Crippen LogP contribution in [-0.2, 0) is 14.8 Å². The zero-order valence-corrected chi connectivity index (χ0v) is 14.1. The Hall–Kier alpha value is -1.60. The van der Waals surface area contributed by atoms with Crippen LogP contribution in [0.1, 0.15) is 38.5 Å². The van der Waals surface area contributed by atoms with Gasteiger partial charge in [-0.25, -0.2) is 13.1 Å². The molecule has 0 saturated heterocycles. The number of hydrogen-bond donors (Lipinski definition) is 1. The maximum Gasteiger partial charge on any atom is 0.264 e. The molecule has 0 bridgehead atoms. The van der Waals surface area contributed by atoms with Crippen molar-refractivity contribution >= 4 is 21.6 Å². The molecule has 1 saturated carbocycles. The van der Waals surface area contributed by atoms with Crippen LogP contribution < -0.4 is 14.4 Å². The van der Waals surface area contributed by atoms with E-state index in [0.717, 1.165) is 25.7 Å². The highest BCUT2D eigenvalue weighted by molar-refractivity contribution is 7.89. The summed E-state index contributed by atoms with van der Waals surface area (Å²) in [6, 6.07) is 4.64. The number of anilines is 1. The summed E-state index contributed by atoms with van der Waals surface area (Å²) in [5.41, 5.74) is 0.491. The fraction of sp³-hybridized carbons (Fsp3) is 0.562. The van der Waals surface area contributed by atoms with Crippen molar-refractivity contribution in [3.05, 3.63) is 18.2 Å². The van der Waals surface area contributed by atoms with Crippen LogP contribution in [0.3, 0.4) is 0 Å². The number of nitrogens with zero attached hydrogens (tertiary/aromatic N) is 1. The van der Waals surface area contributed by atoms with E-state index in [1.54, 1.807) is 13.1 Å². The molecule has 1 aromatic carbocycles. The van der Waals surface area contributed by atoms with Crippen LogP contribution in [0.2, 0.25) is 0 Å². The number of rotatable bonds is 3. The minimum Gasteiger partial charge on any atom is -0.482 e. The number of ether oxygens (including phenoxy) is 1. The Balaban J connectivity index is 1.84. The fourth-order valence-electron chi connectivity index (χ4n) is 3.10. The van der Waals surface area contributed by atoms with Gasteiger partial charge in [0.1, 0.15) is 5.75 Å². The summed E-state index contributed by atoms with van der Waals surface area (Å²) in [7, 11) is -1.97. The average molecular weight is 338 g/mol. The van der Waals surface area contributed by atoms with E-state index >= 15 is 0 Å². The molecule has 1 amide bonds. The number of likely N-dealkylation sites (N-methyl/N-ethyl adjacent to an activating group) is 1. The highest BCUT2D eigenvalue weighted by atomic mass is 32.2. The highest BCUT2D eigenvalue weighted by Crippen LogP contribution is 2.33. The van der Waals surface area contributed by atoms with Crippen molar-refractivity contribution < 1.29 is 17.9 Å². The molecule has 1 aromatic rings. The van der Waals surface area contributed by atoms with Gasteiger partial charge in [-0.3, -0.25) is 4.79 Å². The number of benzene rings is 1. The van der Waals surface area contributed by atoms with Gasteiger partial charge in [0.25, 0.3) is 5.91 Å². The minimum atomic E-state index is -3.59. The third kappa shape index (κ3) is 3.50. The van der Waals surface area contributed by atoms with Gasteiger partial charge in [0.15, 0.2) is 6.61 Å². The number of sulfonamides is 1. The first kappa shape index (κ1) is 16.3. The third-order valence-electron chi connectivity index (χ3n) is 4.50. The molecule has 1 fully saturated rings. The molecular weight excluding hydrogens is 316 g/mol. The van der Waals surface area contributed by atoms with Crippen LogP contribution in [0, 0.1) is 0 Å². The smallest absolute Gasteiger partial charge is 0.264 e. The maximum atomic E-state index is 12.6.